The molecule has 4 fully saturated rings. The van der Waals surface area contributed by atoms with Gasteiger partial charge < -0.3 is 0 Å². The van der Waals surface area contributed by atoms with Crippen LogP contribution in [0.1, 0.15) is 44.1 Å². The molecular formula is C37H32ClN3. The van der Waals surface area contributed by atoms with Crippen LogP contribution in [0.15, 0.2) is 103 Å². The second-order valence-electron chi connectivity index (χ2n) is 12.5. The molecule has 4 aliphatic rings. The van der Waals surface area contributed by atoms with Crippen LogP contribution in [0.4, 0.5) is 0 Å². The number of rotatable bonds is 5. The van der Waals surface area contributed by atoms with E-state index in [1.165, 1.54) is 55.2 Å². The van der Waals surface area contributed by atoms with Gasteiger partial charge in [0.25, 0.3) is 0 Å². The smallest absolute Gasteiger partial charge is 0.164 e. The van der Waals surface area contributed by atoms with Crippen molar-refractivity contribution in [3.63, 3.8) is 0 Å². The Morgan fingerprint density at radius 2 is 0.854 bits per heavy atom. The van der Waals surface area contributed by atoms with Crippen LogP contribution in [-0.4, -0.2) is 15.0 Å². The molecule has 4 saturated carbocycles. The van der Waals surface area contributed by atoms with Crippen molar-refractivity contribution in [1.29, 1.82) is 0 Å². The van der Waals surface area contributed by atoms with E-state index in [9.17, 15) is 0 Å². The lowest BCUT2D eigenvalue weighted by Crippen LogP contribution is -2.48. The summed E-state index contributed by atoms with van der Waals surface area (Å²) in [6, 6.07) is 35.8. The molecule has 41 heavy (non-hydrogen) atoms. The largest absolute Gasteiger partial charge is 0.208 e. The van der Waals surface area contributed by atoms with E-state index in [1.54, 1.807) is 0 Å². The Kier molecular flexibility index (Phi) is 6.03. The first-order valence-corrected chi connectivity index (χ1v) is 15.3. The fourth-order valence-electron chi connectivity index (χ4n) is 8.24. The number of hydrogen-bond donors (Lipinski definition) is 0. The molecule has 4 aromatic carbocycles. The summed E-state index contributed by atoms with van der Waals surface area (Å²) in [7, 11) is 0. The van der Waals surface area contributed by atoms with E-state index < -0.39 is 0 Å². The van der Waals surface area contributed by atoms with Crippen molar-refractivity contribution >= 4 is 11.6 Å². The minimum absolute atomic E-state index is 0.381. The van der Waals surface area contributed by atoms with E-state index >= 15 is 0 Å². The van der Waals surface area contributed by atoms with Gasteiger partial charge in [-0.05, 0) is 103 Å². The maximum absolute atomic E-state index is 6.19. The first kappa shape index (κ1) is 24.9. The number of aromatic nitrogens is 3. The van der Waals surface area contributed by atoms with Gasteiger partial charge in [0.05, 0.1) is 0 Å². The lowest BCUT2D eigenvalue weighted by molar-refractivity contribution is -0.00518. The SMILES string of the molecule is Clc1ccc(-c2nc(-c3ccc(-c4ccccc4)cc3)nc(-c3ccc(C45CC6CC(CC(C6)C4)C5)cc3)n2)cc1. The van der Waals surface area contributed by atoms with Crippen molar-refractivity contribution in [2.75, 3.05) is 0 Å². The fourth-order valence-corrected chi connectivity index (χ4v) is 8.37. The Balaban J connectivity index is 1.17. The topological polar surface area (TPSA) is 38.7 Å². The standard InChI is InChI=1S/C37H32ClN3/c38-33-16-12-31(13-17-33)36-40-34(29-8-6-28(7-9-29)27-4-2-1-3-5-27)39-35(41-36)30-10-14-32(15-11-30)37-21-24-18-25(22-37)20-26(19-24)23-37/h1-17,24-26H,18-23H2. The second-order valence-corrected chi connectivity index (χ2v) is 13.0. The van der Waals surface area contributed by atoms with Gasteiger partial charge in [0.15, 0.2) is 17.5 Å². The van der Waals surface area contributed by atoms with E-state index in [4.69, 9.17) is 26.6 Å². The van der Waals surface area contributed by atoms with Gasteiger partial charge in [-0.1, -0.05) is 90.5 Å². The Hall–Kier alpha value is -3.82. The fraction of sp³-hybridized carbons (Fsp3) is 0.270. The molecule has 9 rings (SSSR count). The van der Waals surface area contributed by atoms with Gasteiger partial charge in [-0.2, -0.15) is 0 Å². The van der Waals surface area contributed by atoms with E-state index in [-0.39, 0.29) is 0 Å². The van der Waals surface area contributed by atoms with Gasteiger partial charge in [0.2, 0.25) is 0 Å². The molecule has 0 spiro atoms. The van der Waals surface area contributed by atoms with Crippen molar-refractivity contribution in [1.82, 2.24) is 15.0 Å². The molecule has 4 bridgehead atoms. The summed E-state index contributed by atoms with van der Waals surface area (Å²) in [6.07, 6.45) is 8.50. The maximum Gasteiger partial charge on any atom is 0.164 e. The molecule has 202 valence electrons. The van der Waals surface area contributed by atoms with E-state index in [2.05, 4.69) is 72.8 Å². The molecule has 0 N–H and O–H groups in total. The third-order valence-electron chi connectivity index (χ3n) is 9.78. The number of halogens is 1. The van der Waals surface area contributed by atoms with Crippen LogP contribution in [0.3, 0.4) is 0 Å². The highest BCUT2D eigenvalue weighted by Crippen LogP contribution is 2.60. The van der Waals surface area contributed by atoms with Crippen LogP contribution in [0.25, 0.3) is 45.3 Å². The van der Waals surface area contributed by atoms with Crippen LogP contribution in [0, 0.1) is 17.8 Å². The normalized spacial score (nSPS) is 24.5. The molecule has 0 aliphatic heterocycles. The highest BCUT2D eigenvalue weighted by atomic mass is 35.5. The molecule has 0 atom stereocenters. The third-order valence-corrected chi connectivity index (χ3v) is 10.0. The minimum Gasteiger partial charge on any atom is -0.208 e. The van der Waals surface area contributed by atoms with Crippen molar-refractivity contribution in [3.8, 4) is 45.3 Å². The van der Waals surface area contributed by atoms with Crippen LogP contribution < -0.4 is 0 Å². The first-order chi connectivity index (χ1) is 20.1. The zero-order chi connectivity index (χ0) is 27.4. The Bertz CT molecular complexity index is 1660. The molecule has 3 nitrogen and oxygen atoms in total. The highest BCUT2D eigenvalue weighted by molar-refractivity contribution is 6.30. The predicted molar refractivity (Wildman–Crippen MR) is 166 cm³/mol. The molecule has 1 heterocycles. The van der Waals surface area contributed by atoms with Crippen molar-refractivity contribution < 1.29 is 0 Å². The Morgan fingerprint density at radius 3 is 1.34 bits per heavy atom. The summed E-state index contributed by atoms with van der Waals surface area (Å²) >= 11 is 6.19. The molecule has 5 aromatic rings. The molecule has 0 radical (unpaired) electrons. The number of hydrogen-bond acceptors (Lipinski definition) is 3. The first-order valence-electron chi connectivity index (χ1n) is 14.9. The Morgan fingerprint density at radius 1 is 0.463 bits per heavy atom. The highest BCUT2D eigenvalue weighted by Gasteiger charge is 2.51. The zero-order valence-corrected chi connectivity index (χ0v) is 23.8. The average Bonchev–Trinajstić information content (AvgIpc) is 3.01. The number of nitrogens with zero attached hydrogens (tertiary/aromatic N) is 3. The van der Waals surface area contributed by atoms with Gasteiger partial charge in [0, 0.05) is 21.7 Å². The predicted octanol–water partition coefficient (Wildman–Crippen LogP) is 9.66. The lowest BCUT2D eigenvalue weighted by Gasteiger charge is -2.57. The minimum atomic E-state index is 0.381. The summed E-state index contributed by atoms with van der Waals surface area (Å²) in [5.74, 6) is 4.82. The van der Waals surface area contributed by atoms with Gasteiger partial charge in [-0.15, -0.1) is 0 Å². The summed E-state index contributed by atoms with van der Waals surface area (Å²) in [4.78, 5) is 14.9. The van der Waals surface area contributed by atoms with E-state index in [1.807, 2.05) is 30.3 Å². The average molecular weight is 554 g/mol. The van der Waals surface area contributed by atoms with Gasteiger partial charge in [0.1, 0.15) is 0 Å². The van der Waals surface area contributed by atoms with Crippen molar-refractivity contribution in [3.05, 3.63) is 114 Å². The molecule has 4 aliphatic carbocycles. The van der Waals surface area contributed by atoms with Gasteiger partial charge in [-0.3, -0.25) is 0 Å². The van der Waals surface area contributed by atoms with Crippen LogP contribution in [0.5, 0.6) is 0 Å². The summed E-state index contributed by atoms with van der Waals surface area (Å²) in [5.41, 5.74) is 7.17. The quantitative estimate of drug-likeness (QED) is 0.217. The molecule has 1 aromatic heterocycles. The third kappa shape index (κ3) is 4.67. The molecule has 0 unspecified atom stereocenters. The summed E-state index contributed by atoms with van der Waals surface area (Å²) in [5, 5.41) is 0.694. The maximum atomic E-state index is 6.19. The van der Waals surface area contributed by atoms with Gasteiger partial charge >= 0.3 is 0 Å². The summed E-state index contributed by atoms with van der Waals surface area (Å²) in [6.45, 7) is 0. The Labute approximate surface area is 246 Å². The van der Waals surface area contributed by atoms with Crippen LogP contribution in [0.2, 0.25) is 5.02 Å². The van der Waals surface area contributed by atoms with Crippen LogP contribution >= 0.6 is 11.6 Å². The van der Waals surface area contributed by atoms with Crippen LogP contribution in [-0.2, 0) is 5.41 Å². The molecule has 4 heteroatoms. The van der Waals surface area contributed by atoms with E-state index in [0.29, 0.717) is 27.9 Å². The van der Waals surface area contributed by atoms with Gasteiger partial charge in [-0.25, -0.2) is 15.0 Å². The lowest BCUT2D eigenvalue weighted by atomic mass is 9.48. The molecular weight excluding hydrogens is 522 g/mol. The second kappa shape index (κ2) is 9.92. The zero-order valence-electron chi connectivity index (χ0n) is 23.0. The number of benzene rings is 4. The summed E-state index contributed by atoms with van der Waals surface area (Å²) < 4.78 is 0. The van der Waals surface area contributed by atoms with Crippen molar-refractivity contribution in [2.45, 2.75) is 43.9 Å². The monoisotopic (exact) mass is 553 g/mol. The molecule has 0 amide bonds. The molecule has 0 saturated heterocycles. The van der Waals surface area contributed by atoms with E-state index in [0.717, 1.165) is 34.4 Å². The van der Waals surface area contributed by atoms with Crippen molar-refractivity contribution in [2.24, 2.45) is 17.8 Å².